The lowest BCUT2D eigenvalue weighted by atomic mass is 9.99. The molecule has 0 saturated carbocycles. The minimum absolute atomic E-state index is 0.128. The third kappa shape index (κ3) is 47.7. The number of carbonyl (C=O) groups excluding carboxylic acids is 2. The number of amides is 1. The van der Waals surface area contributed by atoms with Crippen LogP contribution in [-0.4, -0.2) is 99.6 Å². The van der Waals surface area contributed by atoms with E-state index in [1.807, 2.05) is 6.08 Å². The Morgan fingerprint density at radius 1 is 0.464 bits per heavy atom. The third-order valence-corrected chi connectivity index (χ3v) is 17.0. The van der Waals surface area contributed by atoms with Gasteiger partial charge in [-0.15, -0.1) is 0 Å². The summed E-state index contributed by atoms with van der Waals surface area (Å²) in [5.74, 6) is -1.18. The van der Waals surface area contributed by atoms with Crippen molar-refractivity contribution in [1.82, 2.24) is 5.32 Å². The summed E-state index contributed by atoms with van der Waals surface area (Å²) < 4.78 is 17.7. The number of rotatable bonds is 62. The number of ether oxygens (including phenoxy) is 3. The molecule has 11 heteroatoms. The number of allylic oxidation sites excluding steroid dienone is 7. The number of esters is 1. The second-order valence-electron chi connectivity index (χ2n) is 25.0. The van der Waals surface area contributed by atoms with Gasteiger partial charge in [0.15, 0.2) is 12.4 Å². The molecule has 1 aliphatic heterocycles. The molecule has 0 aliphatic carbocycles. The Morgan fingerprint density at radius 3 is 1.25 bits per heavy atom. The van der Waals surface area contributed by atoms with Crippen LogP contribution in [0.1, 0.15) is 342 Å². The molecule has 0 bridgehead atoms. The van der Waals surface area contributed by atoms with Crippen molar-refractivity contribution in [1.29, 1.82) is 0 Å². The maximum Gasteiger partial charge on any atom is 0.306 e. The molecule has 0 spiro atoms. The quantitative estimate of drug-likeness (QED) is 0.0195. The smallest absolute Gasteiger partial charge is 0.306 e. The van der Waals surface area contributed by atoms with Gasteiger partial charge in [0.1, 0.15) is 24.4 Å². The van der Waals surface area contributed by atoms with Crippen molar-refractivity contribution < 1.29 is 49.3 Å². The fourth-order valence-corrected chi connectivity index (χ4v) is 11.3. The third-order valence-electron chi connectivity index (χ3n) is 17.0. The molecule has 1 fully saturated rings. The van der Waals surface area contributed by atoms with Crippen LogP contribution in [0.25, 0.3) is 0 Å². The van der Waals surface area contributed by atoms with E-state index >= 15 is 0 Å². The van der Waals surface area contributed by atoms with E-state index in [0.29, 0.717) is 19.3 Å². The maximum absolute atomic E-state index is 13.5. The van der Waals surface area contributed by atoms with Crippen LogP contribution in [0.5, 0.6) is 0 Å². The molecule has 1 rings (SSSR count). The summed E-state index contributed by atoms with van der Waals surface area (Å²) in [6.07, 6.45) is 65.8. The molecule has 1 saturated heterocycles. The van der Waals surface area contributed by atoms with Gasteiger partial charge < -0.3 is 45.1 Å². The van der Waals surface area contributed by atoms with Crippen LogP contribution in [0.2, 0.25) is 0 Å². The Bertz CT molecular complexity index is 1550. The molecular formula is C73H135NO10. The predicted molar refractivity (Wildman–Crippen MR) is 352 cm³/mol. The summed E-state index contributed by atoms with van der Waals surface area (Å²) in [4.78, 5) is 26.7. The van der Waals surface area contributed by atoms with Crippen LogP contribution in [-0.2, 0) is 23.8 Å². The standard InChI is InChI=1S/C73H135NO10/c1-4-7-10-13-16-19-22-25-27-29-31-32-33-34-35-37-38-40-42-45-48-51-54-57-60-66(77)72(81)74-64(65(76)59-56-53-50-47-44-24-21-18-15-12-9-6-3)63-82-73-71(70(80)69(79)67(62-75)83-73)84-68(78)61-58-55-52-49-46-43-41-39-36-30-28-26-23-20-17-14-11-8-5-2/h16,19,25,27,31-32,56,59,64-67,69-71,73,75-77,79-80H,4-15,17-18,20-24,26,28-30,33-55,57-58,60-63H2,1-3H3,(H,74,81)/b19-16-,27-25-,32-31-,59-56+. The molecule has 0 aromatic heterocycles. The molecular weight excluding hydrogens is 1050 g/mol. The van der Waals surface area contributed by atoms with E-state index in [1.165, 1.54) is 218 Å². The summed E-state index contributed by atoms with van der Waals surface area (Å²) in [7, 11) is 0. The number of aliphatic hydroxyl groups is 5. The number of carbonyl (C=O) groups is 2. The van der Waals surface area contributed by atoms with Gasteiger partial charge in [-0.25, -0.2) is 0 Å². The molecule has 0 radical (unpaired) electrons. The van der Waals surface area contributed by atoms with Crippen LogP contribution in [0, 0.1) is 0 Å². The van der Waals surface area contributed by atoms with Gasteiger partial charge in [-0.2, -0.15) is 0 Å². The van der Waals surface area contributed by atoms with E-state index < -0.39 is 67.4 Å². The average Bonchev–Trinajstić information content (AvgIpc) is 3.54. The Hall–Kier alpha value is -2.38. The van der Waals surface area contributed by atoms with Crippen LogP contribution >= 0.6 is 0 Å². The van der Waals surface area contributed by atoms with Crippen molar-refractivity contribution >= 4 is 11.9 Å². The minimum Gasteiger partial charge on any atom is -0.454 e. The summed E-state index contributed by atoms with van der Waals surface area (Å²) in [5.41, 5.74) is 0. The Kier molecular flexibility index (Phi) is 57.7. The highest BCUT2D eigenvalue weighted by Gasteiger charge is 2.47. The molecule has 0 aromatic carbocycles. The maximum atomic E-state index is 13.5. The van der Waals surface area contributed by atoms with Gasteiger partial charge >= 0.3 is 5.97 Å². The van der Waals surface area contributed by atoms with Crippen molar-refractivity contribution in [2.24, 2.45) is 0 Å². The second-order valence-corrected chi connectivity index (χ2v) is 25.0. The SMILES string of the molecule is CCCCC/C=C\C/C=C\C/C=C\CCCCCCCCCCCCCC(O)C(=O)NC(COC1OC(CO)C(O)C(O)C1OC(=O)CCCCCCCCCCCCCCCCCCCCC)C(O)/C=C/CCCCCCCCCCCC. The molecule has 1 aliphatic rings. The number of nitrogens with one attached hydrogen (secondary N) is 1. The van der Waals surface area contributed by atoms with E-state index in [-0.39, 0.29) is 13.0 Å². The van der Waals surface area contributed by atoms with E-state index in [2.05, 4.69) is 62.5 Å². The van der Waals surface area contributed by atoms with Crippen molar-refractivity contribution in [2.75, 3.05) is 13.2 Å². The Balaban J connectivity index is 2.57. The predicted octanol–water partition coefficient (Wildman–Crippen LogP) is 18.3. The summed E-state index contributed by atoms with van der Waals surface area (Å²) >= 11 is 0. The van der Waals surface area contributed by atoms with Crippen LogP contribution in [0.4, 0.5) is 0 Å². The van der Waals surface area contributed by atoms with Crippen LogP contribution in [0.15, 0.2) is 48.6 Å². The fourth-order valence-electron chi connectivity index (χ4n) is 11.3. The summed E-state index contributed by atoms with van der Waals surface area (Å²) in [6, 6.07) is -1.02. The topological polar surface area (TPSA) is 175 Å². The molecule has 11 nitrogen and oxygen atoms in total. The first-order valence-corrected chi connectivity index (χ1v) is 35.9. The highest BCUT2D eigenvalue weighted by Crippen LogP contribution is 2.26. The van der Waals surface area contributed by atoms with Crippen LogP contribution in [0.3, 0.4) is 0 Å². The Morgan fingerprint density at radius 2 is 0.821 bits per heavy atom. The first-order chi connectivity index (χ1) is 41.2. The largest absolute Gasteiger partial charge is 0.454 e. The van der Waals surface area contributed by atoms with Gasteiger partial charge in [0.05, 0.1) is 25.4 Å². The monoisotopic (exact) mass is 1190 g/mol. The van der Waals surface area contributed by atoms with E-state index in [1.54, 1.807) is 6.08 Å². The zero-order valence-electron chi connectivity index (χ0n) is 54.8. The number of aliphatic hydroxyl groups excluding tert-OH is 5. The van der Waals surface area contributed by atoms with Gasteiger partial charge in [-0.3, -0.25) is 9.59 Å². The molecule has 492 valence electrons. The van der Waals surface area contributed by atoms with E-state index in [4.69, 9.17) is 14.2 Å². The molecule has 0 aromatic rings. The van der Waals surface area contributed by atoms with Gasteiger partial charge in [0, 0.05) is 6.42 Å². The fraction of sp³-hybridized carbons (Fsp3) is 0.863. The molecule has 84 heavy (non-hydrogen) atoms. The Labute approximate surface area is 516 Å². The van der Waals surface area contributed by atoms with Gasteiger partial charge in [-0.05, 0) is 64.2 Å². The van der Waals surface area contributed by atoms with Crippen LogP contribution < -0.4 is 5.32 Å². The average molecular weight is 1190 g/mol. The van der Waals surface area contributed by atoms with E-state index in [9.17, 15) is 35.1 Å². The zero-order valence-corrected chi connectivity index (χ0v) is 54.8. The van der Waals surface area contributed by atoms with E-state index in [0.717, 1.165) is 77.0 Å². The lowest BCUT2D eigenvalue weighted by Crippen LogP contribution is -2.61. The molecule has 8 unspecified atom stereocenters. The highest BCUT2D eigenvalue weighted by molar-refractivity contribution is 5.80. The highest BCUT2D eigenvalue weighted by atomic mass is 16.7. The lowest BCUT2D eigenvalue weighted by Gasteiger charge is -2.41. The van der Waals surface area contributed by atoms with Crippen molar-refractivity contribution in [3.8, 4) is 0 Å². The van der Waals surface area contributed by atoms with Gasteiger partial charge in [0.25, 0.3) is 0 Å². The summed E-state index contributed by atoms with van der Waals surface area (Å²) in [5, 5.41) is 57.2. The minimum atomic E-state index is -1.61. The number of unbranched alkanes of at least 4 members (excludes halogenated alkanes) is 42. The summed E-state index contributed by atoms with van der Waals surface area (Å²) in [6.45, 7) is 5.81. The number of hydrogen-bond donors (Lipinski definition) is 6. The van der Waals surface area contributed by atoms with Crippen molar-refractivity contribution in [3.63, 3.8) is 0 Å². The zero-order chi connectivity index (χ0) is 61.0. The molecule has 8 atom stereocenters. The molecule has 1 heterocycles. The first kappa shape index (κ1) is 79.6. The van der Waals surface area contributed by atoms with Crippen molar-refractivity contribution in [2.45, 2.75) is 391 Å². The molecule has 6 N–H and O–H groups in total. The number of hydrogen-bond acceptors (Lipinski definition) is 10. The van der Waals surface area contributed by atoms with Gasteiger partial charge in [-0.1, -0.05) is 320 Å². The van der Waals surface area contributed by atoms with Gasteiger partial charge in [0.2, 0.25) is 5.91 Å². The second kappa shape index (κ2) is 60.9. The first-order valence-electron chi connectivity index (χ1n) is 35.9. The lowest BCUT2D eigenvalue weighted by molar-refractivity contribution is -0.305. The molecule has 1 amide bonds. The normalized spacial score (nSPS) is 18.7. The van der Waals surface area contributed by atoms with Crippen molar-refractivity contribution in [3.05, 3.63) is 48.6 Å².